The maximum absolute atomic E-state index is 13.6. The Bertz CT molecular complexity index is 527. The van der Waals surface area contributed by atoms with E-state index in [0.29, 0.717) is 10.7 Å². The van der Waals surface area contributed by atoms with Crippen molar-refractivity contribution in [2.45, 2.75) is 13.0 Å². The van der Waals surface area contributed by atoms with Gasteiger partial charge in [0.15, 0.2) is 0 Å². The molecule has 1 aromatic heterocycles. The molecular weight excluding hydrogens is 241 g/mol. The number of pyridine rings is 1. The van der Waals surface area contributed by atoms with Crippen molar-refractivity contribution in [2.75, 3.05) is 0 Å². The van der Waals surface area contributed by atoms with E-state index in [1.165, 1.54) is 12.3 Å². The number of hydrogen-bond donors (Lipinski definition) is 1. The standard InChI is InChI=1S/C13H11ClFNO/c1-8-2-4-11(15)10(6-8)13(17)9-3-5-12(14)16-7-9/h2-7,13,17H,1H3. The summed E-state index contributed by atoms with van der Waals surface area (Å²) < 4.78 is 13.6. The van der Waals surface area contributed by atoms with Gasteiger partial charge in [0.2, 0.25) is 0 Å². The average Bonchev–Trinajstić information content (AvgIpc) is 2.32. The molecule has 0 aliphatic heterocycles. The first-order chi connectivity index (χ1) is 8.08. The van der Waals surface area contributed by atoms with Crippen molar-refractivity contribution >= 4 is 11.6 Å². The lowest BCUT2D eigenvalue weighted by molar-refractivity contribution is 0.214. The van der Waals surface area contributed by atoms with Crippen LogP contribution in [0.1, 0.15) is 22.8 Å². The molecule has 0 aliphatic carbocycles. The van der Waals surface area contributed by atoms with Crippen LogP contribution in [0.5, 0.6) is 0 Å². The van der Waals surface area contributed by atoms with Crippen molar-refractivity contribution in [1.29, 1.82) is 0 Å². The topological polar surface area (TPSA) is 33.1 Å². The lowest BCUT2D eigenvalue weighted by Crippen LogP contribution is -2.03. The third kappa shape index (κ3) is 2.62. The normalized spacial score (nSPS) is 12.5. The Morgan fingerprint density at radius 2 is 2.06 bits per heavy atom. The van der Waals surface area contributed by atoms with Crippen LogP contribution in [0, 0.1) is 12.7 Å². The van der Waals surface area contributed by atoms with Gasteiger partial charge >= 0.3 is 0 Å². The number of hydrogen-bond acceptors (Lipinski definition) is 2. The Morgan fingerprint density at radius 1 is 1.29 bits per heavy atom. The van der Waals surface area contributed by atoms with E-state index in [1.807, 2.05) is 6.92 Å². The number of aromatic nitrogens is 1. The van der Waals surface area contributed by atoms with Gasteiger partial charge in [-0.05, 0) is 19.1 Å². The summed E-state index contributed by atoms with van der Waals surface area (Å²) >= 11 is 5.65. The molecule has 1 aromatic carbocycles. The van der Waals surface area contributed by atoms with Gasteiger partial charge < -0.3 is 5.11 Å². The van der Waals surface area contributed by atoms with Gasteiger partial charge in [-0.25, -0.2) is 9.37 Å². The van der Waals surface area contributed by atoms with Crippen molar-refractivity contribution in [3.63, 3.8) is 0 Å². The van der Waals surface area contributed by atoms with Gasteiger partial charge in [-0.3, -0.25) is 0 Å². The molecule has 0 fully saturated rings. The molecule has 0 bridgehead atoms. The smallest absolute Gasteiger partial charge is 0.129 e. The molecule has 88 valence electrons. The highest BCUT2D eigenvalue weighted by Gasteiger charge is 2.15. The molecular formula is C13H11ClFNO. The lowest BCUT2D eigenvalue weighted by atomic mass is 10.0. The Labute approximate surface area is 104 Å². The Kier molecular flexibility index (Phi) is 3.41. The molecule has 1 unspecified atom stereocenters. The van der Waals surface area contributed by atoms with E-state index >= 15 is 0 Å². The minimum atomic E-state index is -1.03. The Morgan fingerprint density at radius 3 is 2.71 bits per heavy atom. The Hall–Kier alpha value is -1.45. The van der Waals surface area contributed by atoms with Crippen LogP contribution in [0.25, 0.3) is 0 Å². The highest BCUT2D eigenvalue weighted by molar-refractivity contribution is 6.29. The zero-order valence-corrected chi connectivity index (χ0v) is 9.95. The fourth-order valence-corrected chi connectivity index (χ4v) is 1.71. The van der Waals surface area contributed by atoms with Gasteiger partial charge in [0, 0.05) is 17.3 Å². The summed E-state index contributed by atoms with van der Waals surface area (Å²) in [5.74, 6) is -0.432. The molecule has 0 aliphatic rings. The SMILES string of the molecule is Cc1ccc(F)c(C(O)c2ccc(Cl)nc2)c1. The van der Waals surface area contributed by atoms with Gasteiger partial charge in [-0.1, -0.05) is 35.4 Å². The van der Waals surface area contributed by atoms with Crippen LogP contribution >= 0.6 is 11.6 Å². The number of nitrogens with zero attached hydrogens (tertiary/aromatic N) is 1. The molecule has 0 saturated carbocycles. The number of rotatable bonds is 2. The quantitative estimate of drug-likeness (QED) is 0.831. The van der Waals surface area contributed by atoms with Gasteiger partial charge in [-0.2, -0.15) is 0 Å². The van der Waals surface area contributed by atoms with E-state index in [1.54, 1.807) is 24.3 Å². The van der Waals surface area contributed by atoms with Gasteiger partial charge in [0.05, 0.1) is 0 Å². The molecule has 0 saturated heterocycles. The zero-order chi connectivity index (χ0) is 12.4. The molecule has 0 radical (unpaired) electrons. The van der Waals surface area contributed by atoms with E-state index in [4.69, 9.17) is 11.6 Å². The van der Waals surface area contributed by atoms with Crippen LogP contribution < -0.4 is 0 Å². The summed E-state index contributed by atoms with van der Waals surface area (Å²) in [6, 6.07) is 7.81. The zero-order valence-electron chi connectivity index (χ0n) is 9.19. The van der Waals surface area contributed by atoms with Crippen molar-refractivity contribution < 1.29 is 9.50 Å². The van der Waals surface area contributed by atoms with Crippen molar-refractivity contribution in [2.24, 2.45) is 0 Å². The maximum Gasteiger partial charge on any atom is 0.129 e. The van der Waals surface area contributed by atoms with Crippen LogP contribution in [0.2, 0.25) is 5.15 Å². The number of halogens is 2. The summed E-state index contributed by atoms with van der Waals surface area (Å²) in [6.45, 7) is 1.84. The fourth-order valence-electron chi connectivity index (χ4n) is 1.60. The predicted molar refractivity (Wildman–Crippen MR) is 64.4 cm³/mol. The summed E-state index contributed by atoms with van der Waals surface area (Å²) in [5.41, 5.74) is 1.65. The van der Waals surface area contributed by atoms with Crippen LogP contribution in [-0.4, -0.2) is 10.1 Å². The van der Waals surface area contributed by atoms with Crippen LogP contribution in [0.3, 0.4) is 0 Å². The highest BCUT2D eigenvalue weighted by atomic mass is 35.5. The first-order valence-electron chi connectivity index (χ1n) is 5.13. The van der Waals surface area contributed by atoms with Gasteiger partial charge in [0.25, 0.3) is 0 Å². The third-order valence-electron chi connectivity index (χ3n) is 2.51. The minimum Gasteiger partial charge on any atom is -0.383 e. The number of benzene rings is 1. The van der Waals surface area contributed by atoms with Crippen molar-refractivity contribution in [3.8, 4) is 0 Å². The first-order valence-corrected chi connectivity index (χ1v) is 5.51. The molecule has 1 N–H and O–H groups in total. The average molecular weight is 252 g/mol. The molecule has 0 amide bonds. The van der Waals surface area contributed by atoms with Gasteiger partial charge in [-0.15, -0.1) is 0 Å². The molecule has 0 spiro atoms. The maximum atomic E-state index is 13.6. The minimum absolute atomic E-state index is 0.245. The molecule has 17 heavy (non-hydrogen) atoms. The summed E-state index contributed by atoms with van der Waals surface area (Å²) in [5, 5.41) is 10.4. The first kappa shape index (κ1) is 12.0. The molecule has 1 atom stereocenters. The lowest BCUT2D eigenvalue weighted by Gasteiger charge is -2.12. The Balaban J connectivity index is 2.39. The van der Waals surface area contributed by atoms with E-state index in [2.05, 4.69) is 4.98 Å². The second-order valence-electron chi connectivity index (χ2n) is 3.84. The van der Waals surface area contributed by atoms with E-state index in [0.717, 1.165) is 5.56 Å². The molecule has 2 aromatic rings. The second kappa shape index (κ2) is 4.82. The fraction of sp³-hybridized carbons (Fsp3) is 0.154. The largest absolute Gasteiger partial charge is 0.383 e. The van der Waals surface area contributed by atoms with Crippen molar-refractivity contribution in [1.82, 2.24) is 4.98 Å². The third-order valence-corrected chi connectivity index (χ3v) is 2.74. The molecule has 2 nitrogen and oxygen atoms in total. The van der Waals surface area contributed by atoms with Crippen LogP contribution in [0.4, 0.5) is 4.39 Å². The van der Waals surface area contributed by atoms with Crippen LogP contribution in [0.15, 0.2) is 36.5 Å². The number of aliphatic hydroxyl groups excluding tert-OH is 1. The predicted octanol–water partition coefficient (Wildman–Crippen LogP) is 3.26. The number of aliphatic hydroxyl groups is 1. The summed E-state index contributed by atoms with van der Waals surface area (Å²) in [4.78, 5) is 3.86. The molecule has 2 rings (SSSR count). The second-order valence-corrected chi connectivity index (χ2v) is 4.23. The summed E-state index contributed by atoms with van der Waals surface area (Å²) in [6.07, 6.45) is 0.411. The molecule has 1 heterocycles. The van der Waals surface area contributed by atoms with Gasteiger partial charge in [0.1, 0.15) is 17.1 Å². The number of aryl methyl sites for hydroxylation is 1. The van der Waals surface area contributed by atoms with Crippen LogP contribution in [-0.2, 0) is 0 Å². The van der Waals surface area contributed by atoms with E-state index in [9.17, 15) is 9.50 Å². The monoisotopic (exact) mass is 251 g/mol. The van der Waals surface area contributed by atoms with E-state index < -0.39 is 11.9 Å². The highest BCUT2D eigenvalue weighted by Crippen LogP contribution is 2.25. The molecule has 4 heteroatoms. The van der Waals surface area contributed by atoms with Crippen molar-refractivity contribution in [3.05, 3.63) is 64.2 Å². The van der Waals surface area contributed by atoms with E-state index in [-0.39, 0.29) is 5.56 Å². The summed E-state index contributed by atoms with van der Waals surface area (Å²) in [7, 11) is 0.